The van der Waals surface area contributed by atoms with E-state index in [1.807, 2.05) is 30.3 Å². The zero-order valence-corrected chi connectivity index (χ0v) is 28.2. The number of nitrogens with one attached hydrogen (secondary N) is 1. The number of rotatable bonds is 14. The van der Waals surface area contributed by atoms with Crippen molar-refractivity contribution in [3.8, 4) is 11.5 Å². The third-order valence-corrected chi connectivity index (χ3v) is 10.3. The molecule has 12 heteroatoms. The van der Waals surface area contributed by atoms with Gasteiger partial charge in [-0.2, -0.15) is 0 Å². The molecule has 0 spiro atoms. The largest absolute Gasteiger partial charge is 0.493 e. The summed E-state index contributed by atoms with van der Waals surface area (Å²) in [6.07, 6.45) is 3.74. The van der Waals surface area contributed by atoms with Gasteiger partial charge in [-0.15, -0.1) is 0 Å². The maximum Gasteiger partial charge on any atom is 0.264 e. The van der Waals surface area contributed by atoms with Crippen molar-refractivity contribution in [2.45, 2.75) is 55.6 Å². The van der Waals surface area contributed by atoms with Gasteiger partial charge in [0.25, 0.3) is 10.0 Å². The summed E-state index contributed by atoms with van der Waals surface area (Å²) in [6, 6.07) is 22.4. The second-order valence-corrected chi connectivity index (χ2v) is 13.7. The van der Waals surface area contributed by atoms with Crippen LogP contribution in [0.3, 0.4) is 0 Å². The second-order valence-electron chi connectivity index (χ2n) is 11.8. The number of anilines is 1. The van der Waals surface area contributed by atoms with Crippen LogP contribution in [0.1, 0.15) is 36.8 Å². The van der Waals surface area contributed by atoms with E-state index < -0.39 is 40.2 Å². The number of sulfonamides is 1. The smallest absolute Gasteiger partial charge is 0.264 e. The number of halogens is 2. The van der Waals surface area contributed by atoms with Crippen LogP contribution in [0.5, 0.6) is 11.5 Å². The molecule has 0 heterocycles. The van der Waals surface area contributed by atoms with E-state index in [4.69, 9.17) is 9.47 Å². The Morgan fingerprint density at radius 3 is 2.04 bits per heavy atom. The molecule has 0 radical (unpaired) electrons. The van der Waals surface area contributed by atoms with E-state index in [0.717, 1.165) is 47.7 Å². The highest BCUT2D eigenvalue weighted by molar-refractivity contribution is 7.92. The van der Waals surface area contributed by atoms with E-state index in [9.17, 15) is 26.8 Å². The summed E-state index contributed by atoms with van der Waals surface area (Å²) in [5, 5.41) is 3.11. The zero-order valence-electron chi connectivity index (χ0n) is 27.4. The van der Waals surface area contributed by atoms with Gasteiger partial charge in [-0.05, 0) is 72.5 Å². The number of nitrogens with zero attached hydrogens (tertiary/aromatic N) is 2. The molecule has 0 aromatic heterocycles. The summed E-state index contributed by atoms with van der Waals surface area (Å²) in [5.41, 5.74) is 1.36. The maximum atomic E-state index is 14.6. The van der Waals surface area contributed by atoms with Crippen LogP contribution in [0.4, 0.5) is 14.5 Å². The molecular formula is C37H39F2N3O6S. The Balaban J connectivity index is 1.57. The van der Waals surface area contributed by atoms with Gasteiger partial charge in [0.1, 0.15) is 24.2 Å². The fourth-order valence-corrected chi connectivity index (χ4v) is 7.38. The number of methoxy groups -OCH3 is 2. The molecule has 1 atom stereocenters. The minimum Gasteiger partial charge on any atom is -0.493 e. The number of ether oxygens (including phenoxy) is 2. The Morgan fingerprint density at radius 1 is 0.816 bits per heavy atom. The lowest BCUT2D eigenvalue weighted by atomic mass is 10.0. The summed E-state index contributed by atoms with van der Waals surface area (Å²) in [5.74, 6) is -1.68. The van der Waals surface area contributed by atoms with Gasteiger partial charge in [0.15, 0.2) is 11.5 Å². The first-order valence-electron chi connectivity index (χ1n) is 16.0. The molecule has 2 amide bonds. The fraction of sp³-hybridized carbons (Fsp3) is 0.297. The number of carbonyl (C=O) groups is 2. The van der Waals surface area contributed by atoms with Gasteiger partial charge >= 0.3 is 0 Å². The highest BCUT2D eigenvalue weighted by Crippen LogP contribution is 2.32. The summed E-state index contributed by atoms with van der Waals surface area (Å²) in [7, 11) is -1.69. The Bertz CT molecular complexity index is 1830. The Labute approximate surface area is 285 Å². The summed E-state index contributed by atoms with van der Waals surface area (Å²) < 4.78 is 68.0. The summed E-state index contributed by atoms with van der Waals surface area (Å²) >= 11 is 0. The number of benzene rings is 4. The zero-order chi connectivity index (χ0) is 35.0. The molecule has 258 valence electrons. The van der Waals surface area contributed by atoms with E-state index in [2.05, 4.69) is 5.32 Å². The van der Waals surface area contributed by atoms with Crippen molar-refractivity contribution >= 4 is 27.5 Å². The fourth-order valence-electron chi connectivity index (χ4n) is 5.95. The van der Waals surface area contributed by atoms with Crippen LogP contribution in [0.25, 0.3) is 0 Å². The standard InChI is InChI=1S/C37H39F2N3O6S/c1-47-34-21-20-32(23-35(34)48-2)49(45,46)42(31-18-16-29(39)17-19-31)25-36(43)41(24-27-12-14-28(38)15-13-27)33(22-26-8-4-3-5-9-26)37(44)40-30-10-6-7-11-30/h3-5,8-9,12-21,23,30,33H,6-7,10-11,22,24-25H2,1-2H3,(H,40,44)/t33-/m0/s1. The lowest BCUT2D eigenvalue weighted by molar-refractivity contribution is -0.140. The summed E-state index contributed by atoms with van der Waals surface area (Å²) in [6.45, 7) is -0.839. The first-order chi connectivity index (χ1) is 23.6. The molecule has 0 bridgehead atoms. The SMILES string of the molecule is COc1ccc(S(=O)(=O)N(CC(=O)N(Cc2ccc(F)cc2)[C@@H](Cc2ccccc2)C(=O)NC2CCCC2)c2ccc(F)cc2)cc1OC. The van der Waals surface area contributed by atoms with E-state index in [0.29, 0.717) is 11.3 Å². The van der Waals surface area contributed by atoms with Crippen LogP contribution in [0.2, 0.25) is 0 Å². The molecule has 1 aliphatic carbocycles. The molecule has 4 aromatic carbocycles. The van der Waals surface area contributed by atoms with Crippen molar-refractivity contribution < 1.29 is 36.3 Å². The van der Waals surface area contributed by atoms with Crippen LogP contribution in [0.15, 0.2) is 102 Å². The first-order valence-corrected chi connectivity index (χ1v) is 17.4. The highest BCUT2D eigenvalue weighted by atomic mass is 32.2. The number of carbonyl (C=O) groups excluding carboxylic acids is 2. The molecule has 1 saturated carbocycles. The van der Waals surface area contributed by atoms with Gasteiger partial charge < -0.3 is 19.7 Å². The van der Waals surface area contributed by atoms with Crippen LogP contribution in [0, 0.1) is 11.6 Å². The van der Waals surface area contributed by atoms with Crippen molar-refractivity contribution in [3.63, 3.8) is 0 Å². The van der Waals surface area contributed by atoms with E-state index in [-0.39, 0.29) is 41.2 Å². The van der Waals surface area contributed by atoms with E-state index >= 15 is 0 Å². The molecule has 1 aliphatic rings. The van der Waals surface area contributed by atoms with Crippen molar-refractivity contribution in [3.05, 3.63) is 120 Å². The predicted molar refractivity (Wildman–Crippen MR) is 182 cm³/mol. The van der Waals surface area contributed by atoms with Gasteiger partial charge in [-0.25, -0.2) is 17.2 Å². The molecule has 0 unspecified atom stereocenters. The van der Waals surface area contributed by atoms with Crippen molar-refractivity contribution in [2.75, 3.05) is 25.1 Å². The van der Waals surface area contributed by atoms with Crippen molar-refractivity contribution in [2.24, 2.45) is 0 Å². The number of amides is 2. The molecule has 1 N–H and O–H groups in total. The highest BCUT2D eigenvalue weighted by Gasteiger charge is 2.36. The molecule has 49 heavy (non-hydrogen) atoms. The van der Waals surface area contributed by atoms with Gasteiger partial charge in [-0.3, -0.25) is 13.9 Å². The van der Waals surface area contributed by atoms with Crippen LogP contribution in [-0.4, -0.2) is 58.0 Å². The Morgan fingerprint density at radius 2 is 1.43 bits per heavy atom. The van der Waals surface area contributed by atoms with Crippen LogP contribution < -0.4 is 19.1 Å². The average molecular weight is 692 g/mol. The third-order valence-electron chi connectivity index (χ3n) is 8.58. The quantitative estimate of drug-likeness (QED) is 0.177. The molecule has 9 nitrogen and oxygen atoms in total. The summed E-state index contributed by atoms with van der Waals surface area (Å²) in [4.78, 5) is 29.8. The Kier molecular flexibility index (Phi) is 11.5. The van der Waals surface area contributed by atoms with Gasteiger partial charge in [0.05, 0.1) is 24.8 Å². The van der Waals surface area contributed by atoms with Gasteiger partial charge in [-0.1, -0.05) is 55.3 Å². The molecule has 0 aliphatic heterocycles. The van der Waals surface area contributed by atoms with Crippen molar-refractivity contribution in [1.29, 1.82) is 0 Å². The van der Waals surface area contributed by atoms with Crippen LogP contribution in [-0.2, 0) is 32.6 Å². The van der Waals surface area contributed by atoms with Crippen molar-refractivity contribution in [1.82, 2.24) is 10.2 Å². The topological polar surface area (TPSA) is 105 Å². The normalized spacial score (nSPS) is 13.8. The number of hydrogen-bond donors (Lipinski definition) is 1. The van der Waals surface area contributed by atoms with E-state index in [1.54, 1.807) is 0 Å². The van der Waals surface area contributed by atoms with Gasteiger partial charge in [0.2, 0.25) is 11.8 Å². The predicted octanol–water partition coefficient (Wildman–Crippen LogP) is 5.88. The molecule has 0 saturated heterocycles. The van der Waals surface area contributed by atoms with Gasteiger partial charge in [0, 0.05) is 25.1 Å². The Hall–Kier alpha value is -4.97. The molecular weight excluding hydrogens is 652 g/mol. The lowest BCUT2D eigenvalue weighted by Crippen LogP contribution is -2.54. The minimum absolute atomic E-state index is 0.0290. The second kappa shape index (κ2) is 16.0. The molecule has 1 fully saturated rings. The maximum absolute atomic E-state index is 14.6. The average Bonchev–Trinajstić information content (AvgIpc) is 3.63. The minimum atomic E-state index is -4.48. The molecule has 5 rings (SSSR count). The first kappa shape index (κ1) is 35.3. The third kappa shape index (κ3) is 8.74. The molecule has 4 aromatic rings. The monoisotopic (exact) mass is 691 g/mol. The van der Waals surface area contributed by atoms with Crippen LogP contribution >= 0.6 is 0 Å². The lowest BCUT2D eigenvalue weighted by Gasteiger charge is -2.34. The van der Waals surface area contributed by atoms with E-state index in [1.165, 1.54) is 73.7 Å². The number of hydrogen-bond acceptors (Lipinski definition) is 6.